The van der Waals surface area contributed by atoms with Gasteiger partial charge in [-0.05, 0) is 23.6 Å². The zero-order valence-corrected chi connectivity index (χ0v) is 22.3. The largest absolute Gasteiger partial charge is 0.445 e. The van der Waals surface area contributed by atoms with Gasteiger partial charge in [0.1, 0.15) is 19.2 Å². The summed E-state index contributed by atoms with van der Waals surface area (Å²) in [6.45, 7) is 8.41. The van der Waals surface area contributed by atoms with Crippen LogP contribution in [0, 0.1) is 17.2 Å². The zero-order valence-electron chi connectivity index (χ0n) is 22.3. The summed E-state index contributed by atoms with van der Waals surface area (Å²) < 4.78 is 5.16. The number of amides is 2. The molecule has 1 fully saturated rings. The number of aliphatic imine (C=N–C) groups is 1. The second-order valence-corrected chi connectivity index (χ2v) is 9.73. The van der Waals surface area contributed by atoms with E-state index in [9.17, 15) is 14.9 Å². The van der Waals surface area contributed by atoms with Gasteiger partial charge < -0.3 is 9.64 Å². The Labute approximate surface area is 229 Å². The quantitative estimate of drug-likeness (QED) is 0.281. The van der Waals surface area contributed by atoms with E-state index < -0.39 is 6.09 Å². The molecule has 1 aliphatic rings. The molecule has 0 aliphatic carbocycles. The smallest absolute Gasteiger partial charge is 0.410 e. The molecule has 7 nitrogen and oxygen atoms in total. The summed E-state index contributed by atoms with van der Waals surface area (Å²) in [5.74, 6) is -0.0400. The molecule has 1 saturated heterocycles. The monoisotopic (exact) mass is 520 g/mol. The Bertz CT molecular complexity index is 1350. The maximum absolute atomic E-state index is 13.2. The SMILES string of the molecule is C=CCOC(=O)N1CC(=O)N(Cc2ccc(C#N)c(N=C(c3ccccc3)c3ccccc3)c2)[C@H](C(C)C)C1. The molecule has 198 valence electrons. The molecule has 3 aromatic carbocycles. The predicted octanol–water partition coefficient (Wildman–Crippen LogP) is 5.72. The van der Waals surface area contributed by atoms with E-state index >= 15 is 0 Å². The topological polar surface area (TPSA) is 86.0 Å². The van der Waals surface area contributed by atoms with Gasteiger partial charge in [0.25, 0.3) is 0 Å². The van der Waals surface area contributed by atoms with E-state index in [0.29, 0.717) is 24.3 Å². The first kappa shape index (κ1) is 27.3. The van der Waals surface area contributed by atoms with Crippen LogP contribution >= 0.6 is 0 Å². The molecular formula is C32H32N4O3. The number of ether oxygens (including phenoxy) is 1. The third-order valence-corrected chi connectivity index (χ3v) is 6.67. The highest BCUT2D eigenvalue weighted by Crippen LogP contribution is 2.27. The highest BCUT2D eigenvalue weighted by Gasteiger charge is 2.36. The Kier molecular flexibility index (Phi) is 8.90. The number of hydrogen-bond acceptors (Lipinski definition) is 5. The van der Waals surface area contributed by atoms with Crippen molar-refractivity contribution in [1.29, 1.82) is 5.26 Å². The summed E-state index contributed by atoms with van der Waals surface area (Å²) in [7, 11) is 0. The maximum atomic E-state index is 13.2. The van der Waals surface area contributed by atoms with Crippen molar-refractivity contribution in [3.63, 3.8) is 0 Å². The van der Waals surface area contributed by atoms with Gasteiger partial charge in [-0.3, -0.25) is 9.69 Å². The van der Waals surface area contributed by atoms with E-state index in [1.165, 1.54) is 11.0 Å². The maximum Gasteiger partial charge on any atom is 0.410 e. The van der Waals surface area contributed by atoms with Crippen molar-refractivity contribution in [2.24, 2.45) is 10.9 Å². The first-order valence-corrected chi connectivity index (χ1v) is 13.0. The lowest BCUT2D eigenvalue weighted by Crippen LogP contribution is -2.59. The standard InChI is InChI=1S/C32H32N4O3/c1-4-17-39-32(38)35-21-29(23(2)3)36(30(37)22-35)20-24-15-16-27(19-33)28(18-24)34-31(25-11-7-5-8-12-25)26-13-9-6-10-14-26/h4-16,18,23,29H,1,17,20-22H2,2-3H3/t29-/m0/s1. The van der Waals surface area contributed by atoms with Gasteiger partial charge in [-0.25, -0.2) is 9.79 Å². The summed E-state index contributed by atoms with van der Waals surface area (Å²) in [5, 5.41) is 9.85. The molecule has 0 bridgehead atoms. The van der Waals surface area contributed by atoms with Crippen LogP contribution in [0.2, 0.25) is 0 Å². The van der Waals surface area contributed by atoms with Crippen LogP contribution in [0.25, 0.3) is 0 Å². The average Bonchev–Trinajstić information content (AvgIpc) is 2.96. The number of carbonyl (C=O) groups is 2. The van der Waals surface area contributed by atoms with Gasteiger partial charge in [-0.1, -0.05) is 93.2 Å². The van der Waals surface area contributed by atoms with Crippen LogP contribution in [0.5, 0.6) is 0 Å². The predicted molar refractivity (Wildman–Crippen MR) is 152 cm³/mol. The van der Waals surface area contributed by atoms with E-state index in [0.717, 1.165) is 22.4 Å². The lowest BCUT2D eigenvalue weighted by molar-refractivity contribution is -0.141. The van der Waals surface area contributed by atoms with Gasteiger partial charge in [-0.15, -0.1) is 0 Å². The summed E-state index contributed by atoms with van der Waals surface area (Å²) >= 11 is 0. The number of carbonyl (C=O) groups excluding carboxylic acids is 2. The first-order chi connectivity index (χ1) is 18.9. The molecule has 1 aliphatic heterocycles. The number of benzene rings is 3. The molecule has 0 saturated carbocycles. The first-order valence-electron chi connectivity index (χ1n) is 13.0. The lowest BCUT2D eigenvalue weighted by atomic mass is 9.98. The Balaban J connectivity index is 1.66. The number of piperazine rings is 1. The lowest BCUT2D eigenvalue weighted by Gasteiger charge is -2.42. The molecular weight excluding hydrogens is 488 g/mol. The van der Waals surface area contributed by atoms with E-state index in [-0.39, 0.29) is 31.0 Å². The van der Waals surface area contributed by atoms with Gasteiger partial charge in [-0.2, -0.15) is 5.26 Å². The van der Waals surface area contributed by atoms with E-state index in [1.807, 2.05) is 91.5 Å². The number of rotatable bonds is 8. The van der Waals surface area contributed by atoms with Crippen LogP contribution in [0.3, 0.4) is 0 Å². The third-order valence-electron chi connectivity index (χ3n) is 6.67. The van der Waals surface area contributed by atoms with Gasteiger partial charge >= 0.3 is 6.09 Å². The fourth-order valence-electron chi connectivity index (χ4n) is 4.63. The minimum atomic E-state index is -0.516. The van der Waals surface area contributed by atoms with Crippen LogP contribution < -0.4 is 0 Å². The molecule has 0 spiro atoms. The molecule has 39 heavy (non-hydrogen) atoms. The van der Waals surface area contributed by atoms with Crippen molar-refractivity contribution in [2.75, 3.05) is 19.7 Å². The van der Waals surface area contributed by atoms with Crippen molar-refractivity contribution >= 4 is 23.4 Å². The van der Waals surface area contributed by atoms with Crippen LogP contribution in [0.15, 0.2) is 96.5 Å². The van der Waals surface area contributed by atoms with E-state index in [4.69, 9.17) is 9.73 Å². The highest BCUT2D eigenvalue weighted by atomic mass is 16.6. The molecule has 2 amide bonds. The van der Waals surface area contributed by atoms with Gasteiger partial charge in [0.05, 0.1) is 23.0 Å². The molecule has 1 heterocycles. The second kappa shape index (κ2) is 12.7. The number of nitrogens with zero attached hydrogens (tertiary/aromatic N) is 4. The van der Waals surface area contributed by atoms with Gasteiger partial charge in [0, 0.05) is 24.2 Å². The Morgan fingerprint density at radius 2 is 1.74 bits per heavy atom. The minimum absolute atomic E-state index is 0.0490. The third kappa shape index (κ3) is 6.60. The second-order valence-electron chi connectivity index (χ2n) is 9.73. The minimum Gasteiger partial charge on any atom is -0.445 e. The normalized spacial score (nSPS) is 15.0. The summed E-state index contributed by atoms with van der Waals surface area (Å²) in [6.07, 6.45) is 0.986. The fourth-order valence-corrected chi connectivity index (χ4v) is 4.63. The fraction of sp³-hybridized carbons (Fsp3) is 0.250. The number of nitriles is 1. The van der Waals surface area contributed by atoms with Crippen molar-refractivity contribution in [3.05, 3.63) is 114 Å². The Morgan fingerprint density at radius 3 is 2.31 bits per heavy atom. The Hall–Kier alpha value is -4.70. The van der Waals surface area contributed by atoms with Gasteiger partial charge in [0.15, 0.2) is 0 Å². The Morgan fingerprint density at radius 1 is 1.10 bits per heavy atom. The van der Waals surface area contributed by atoms with Gasteiger partial charge in [0.2, 0.25) is 5.91 Å². The van der Waals surface area contributed by atoms with E-state index in [1.54, 1.807) is 6.07 Å². The molecule has 0 unspecified atom stereocenters. The zero-order chi connectivity index (χ0) is 27.8. The molecule has 4 rings (SSSR count). The number of hydrogen-bond donors (Lipinski definition) is 0. The summed E-state index contributed by atoms with van der Waals surface area (Å²) in [5.41, 5.74) is 4.48. The molecule has 7 heteroatoms. The van der Waals surface area contributed by atoms with Crippen molar-refractivity contribution in [1.82, 2.24) is 9.80 Å². The van der Waals surface area contributed by atoms with Crippen LogP contribution in [0.4, 0.5) is 10.5 Å². The van der Waals surface area contributed by atoms with Crippen molar-refractivity contribution < 1.29 is 14.3 Å². The van der Waals surface area contributed by atoms with Crippen molar-refractivity contribution in [3.8, 4) is 6.07 Å². The van der Waals surface area contributed by atoms with E-state index in [2.05, 4.69) is 12.6 Å². The van der Waals surface area contributed by atoms with Crippen molar-refractivity contribution in [2.45, 2.75) is 26.4 Å². The average molecular weight is 521 g/mol. The summed E-state index contributed by atoms with van der Waals surface area (Å²) in [6, 6.07) is 27.3. The molecule has 0 aromatic heterocycles. The molecule has 0 radical (unpaired) electrons. The molecule has 3 aromatic rings. The molecule has 0 N–H and O–H groups in total. The molecule has 1 atom stereocenters. The highest BCUT2D eigenvalue weighted by molar-refractivity contribution is 6.14. The summed E-state index contributed by atoms with van der Waals surface area (Å²) in [4.78, 5) is 33.9. The van der Waals surface area contributed by atoms with Crippen LogP contribution in [0.1, 0.15) is 36.1 Å². The van der Waals surface area contributed by atoms with Crippen LogP contribution in [-0.2, 0) is 16.1 Å². The van der Waals surface area contributed by atoms with Crippen LogP contribution in [-0.4, -0.2) is 53.3 Å².